The molecule has 0 radical (unpaired) electrons. The summed E-state index contributed by atoms with van der Waals surface area (Å²) in [6.45, 7) is 0. The molecule has 1 aliphatic heterocycles. The number of rotatable bonds is 3. The molecule has 2 atom stereocenters. The van der Waals surface area contributed by atoms with Gasteiger partial charge in [0.1, 0.15) is 5.82 Å². The number of fused-ring (bicyclic) bond motifs is 3. The lowest BCUT2D eigenvalue weighted by atomic mass is 9.77. The fraction of sp³-hybridized carbons (Fsp3) is 0.364. The molecule has 2 unspecified atom stereocenters. The second kappa shape index (κ2) is 6.06. The Labute approximate surface area is 162 Å². The number of nitrogens with one attached hydrogen (secondary N) is 1. The molecule has 5 nitrogen and oxygen atoms in total. The van der Waals surface area contributed by atoms with Crippen LogP contribution in [-0.4, -0.2) is 25.2 Å². The molecule has 0 aromatic heterocycles. The first-order valence-corrected chi connectivity index (χ1v) is 9.62. The maximum Gasteiger partial charge on any atom is 0.414 e. The zero-order valence-corrected chi connectivity index (χ0v) is 15.6. The zero-order chi connectivity index (χ0) is 19.5. The van der Waals surface area contributed by atoms with Crippen LogP contribution >= 0.6 is 0 Å². The van der Waals surface area contributed by atoms with E-state index < -0.39 is 0 Å². The molecule has 0 saturated heterocycles. The van der Waals surface area contributed by atoms with Gasteiger partial charge in [-0.15, -0.1) is 0 Å². The van der Waals surface area contributed by atoms with Crippen LogP contribution in [0.2, 0.25) is 0 Å². The maximum atomic E-state index is 13.1. The number of nitrogens with zero attached hydrogens (tertiary/aromatic N) is 1. The molecular weight excluding hydrogens is 359 g/mol. The highest BCUT2D eigenvalue weighted by molar-refractivity contribution is 5.95. The van der Waals surface area contributed by atoms with Crippen LogP contribution in [0.5, 0.6) is 0 Å². The monoisotopic (exact) mass is 380 g/mol. The fourth-order valence-corrected chi connectivity index (χ4v) is 4.54. The topological polar surface area (TPSA) is 58.6 Å². The Bertz CT molecular complexity index is 968. The molecule has 5 rings (SSSR count). The van der Waals surface area contributed by atoms with E-state index in [0.717, 1.165) is 36.9 Å². The summed E-state index contributed by atoms with van der Waals surface area (Å²) in [6.07, 6.45) is 3.47. The normalized spacial score (nSPS) is 23.3. The van der Waals surface area contributed by atoms with Crippen molar-refractivity contribution in [3.63, 3.8) is 0 Å². The molecule has 1 heterocycles. The molecule has 28 heavy (non-hydrogen) atoms. The van der Waals surface area contributed by atoms with Gasteiger partial charge in [0.2, 0.25) is 0 Å². The summed E-state index contributed by atoms with van der Waals surface area (Å²) in [6, 6.07) is 11.9. The molecule has 1 N–H and O–H groups in total. The first-order valence-electron chi connectivity index (χ1n) is 9.62. The van der Waals surface area contributed by atoms with E-state index >= 15 is 0 Å². The molecule has 2 aliphatic carbocycles. The summed E-state index contributed by atoms with van der Waals surface area (Å²) in [4.78, 5) is 26.6. The average Bonchev–Trinajstić information content (AvgIpc) is 3.41. The van der Waals surface area contributed by atoms with Crippen molar-refractivity contribution in [1.82, 2.24) is 5.32 Å². The molecule has 2 fully saturated rings. The van der Waals surface area contributed by atoms with Crippen molar-refractivity contribution in [2.24, 2.45) is 0 Å². The highest BCUT2D eigenvalue weighted by atomic mass is 19.1. The van der Waals surface area contributed by atoms with Crippen LogP contribution in [0.15, 0.2) is 42.5 Å². The van der Waals surface area contributed by atoms with Crippen molar-refractivity contribution >= 4 is 17.7 Å². The van der Waals surface area contributed by atoms with Gasteiger partial charge >= 0.3 is 6.09 Å². The molecule has 2 amide bonds. The molecule has 6 heteroatoms. The molecule has 2 aromatic carbocycles. The number of carbonyl (C=O) groups excluding carboxylic acids is 2. The van der Waals surface area contributed by atoms with Crippen LogP contribution in [0.4, 0.5) is 14.9 Å². The van der Waals surface area contributed by atoms with E-state index in [9.17, 15) is 14.0 Å². The number of halogens is 1. The summed E-state index contributed by atoms with van der Waals surface area (Å²) in [5.74, 6) is -0.213. The van der Waals surface area contributed by atoms with E-state index in [2.05, 4.69) is 11.4 Å². The Morgan fingerprint density at radius 2 is 1.89 bits per heavy atom. The molecule has 3 aliphatic rings. The number of hydrogen-bond donors (Lipinski definition) is 1. The van der Waals surface area contributed by atoms with E-state index in [0.29, 0.717) is 11.5 Å². The number of amides is 2. The van der Waals surface area contributed by atoms with E-state index in [1.165, 1.54) is 36.9 Å². The maximum absolute atomic E-state index is 13.1. The third-order valence-electron chi connectivity index (χ3n) is 6.39. The number of hydrogen-bond acceptors (Lipinski definition) is 3. The van der Waals surface area contributed by atoms with Gasteiger partial charge in [0, 0.05) is 17.5 Å². The Balaban J connectivity index is 1.42. The quantitative estimate of drug-likeness (QED) is 0.873. The second-order valence-electron chi connectivity index (χ2n) is 7.91. The van der Waals surface area contributed by atoms with Crippen LogP contribution in [0.1, 0.15) is 53.1 Å². The number of ether oxygens (including phenoxy) is 1. The van der Waals surface area contributed by atoms with Crippen LogP contribution in [0, 0.1) is 5.82 Å². The van der Waals surface area contributed by atoms with Gasteiger partial charge in [-0.05, 0) is 67.1 Å². The summed E-state index contributed by atoms with van der Waals surface area (Å²) in [5, 5.41) is 3.13. The van der Waals surface area contributed by atoms with Crippen molar-refractivity contribution in [2.75, 3.05) is 12.0 Å². The van der Waals surface area contributed by atoms with Crippen molar-refractivity contribution in [3.05, 3.63) is 65.0 Å². The highest BCUT2D eigenvalue weighted by Gasteiger charge is 2.50. The lowest BCUT2D eigenvalue weighted by Crippen LogP contribution is -2.43. The largest absolute Gasteiger partial charge is 0.452 e. The second-order valence-corrected chi connectivity index (χ2v) is 7.91. The van der Waals surface area contributed by atoms with Gasteiger partial charge in [-0.25, -0.2) is 9.18 Å². The first kappa shape index (κ1) is 17.2. The van der Waals surface area contributed by atoms with Gasteiger partial charge in [0.25, 0.3) is 5.91 Å². The number of anilines is 1. The summed E-state index contributed by atoms with van der Waals surface area (Å²) in [7, 11) is 1.41. The summed E-state index contributed by atoms with van der Waals surface area (Å²) < 4.78 is 18.1. The van der Waals surface area contributed by atoms with E-state index in [1.807, 2.05) is 12.1 Å². The Morgan fingerprint density at radius 3 is 2.50 bits per heavy atom. The van der Waals surface area contributed by atoms with Crippen LogP contribution < -0.4 is 10.2 Å². The molecule has 2 saturated carbocycles. The first-order chi connectivity index (χ1) is 13.5. The fourth-order valence-electron chi connectivity index (χ4n) is 4.54. The predicted octanol–water partition coefficient (Wildman–Crippen LogP) is 4.08. The van der Waals surface area contributed by atoms with Gasteiger partial charge in [-0.2, -0.15) is 0 Å². The minimum absolute atomic E-state index is 0.182. The summed E-state index contributed by atoms with van der Waals surface area (Å²) >= 11 is 0. The highest BCUT2D eigenvalue weighted by Crippen LogP contribution is 2.54. The average molecular weight is 380 g/mol. The molecule has 144 valence electrons. The Hall–Kier alpha value is -2.89. The molecular formula is C22H21FN2O3. The zero-order valence-electron chi connectivity index (χ0n) is 15.6. The van der Waals surface area contributed by atoms with E-state index in [4.69, 9.17) is 4.74 Å². The Morgan fingerprint density at radius 1 is 1.14 bits per heavy atom. The molecule has 0 spiro atoms. The van der Waals surface area contributed by atoms with Crippen LogP contribution in [-0.2, 0) is 10.3 Å². The van der Waals surface area contributed by atoms with Crippen molar-refractivity contribution in [3.8, 4) is 0 Å². The Kier molecular flexibility index (Phi) is 3.73. The van der Waals surface area contributed by atoms with E-state index in [1.54, 1.807) is 4.90 Å². The lowest BCUT2D eigenvalue weighted by molar-refractivity contribution is 0.0930. The van der Waals surface area contributed by atoms with Crippen molar-refractivity contribution < 1.29 is 18.7 Å². The third kappa shape index (κ3) is 2.51. The number of benzene rings is 2. The number of methoxy groups -OCH3 is 1. The predicted molar refractivity (Wildman–Crippen MR) is 102 cm³/mol. The van der Waals surface area contributed by atoms with Gasteiger partial charge < -0.3 is 10.1 Å². The standard InChI is InChI=1S/C22H21FN2O3/c1-28-21(27)25-18-9-7-16(18)17-12-14(4-8-19(17)25)22(10-11-22)24-20(26)13-2-5-15(23)6-3-13/h2-6,8,12,16,18H,7,9-11H2,1H3,(H,24,26). The smallest absolute Gasteiger partial charge is 0.414 e. The summed E-state index contributed by atoms with van der Waals surface area (Å²) in [5.41, 5.74) is 3.23. The van der Waals surface area contributed by atoms with Crippen molar-refractivity contribution in [1.29, 1.82) is 0 Å². The molecule has 2 aromatic rings. The van der Waals surface area contributed by atoms with Gasteiger partial charge in [0.15, 0.2) is 0 Å². The molecule has 0 bridgehead atoms. The van der Waals surface area contributed by atoms with Crippen molar-refractivity contribution in [2.45, 2.75) is 43.2 Å². The van der Waals surface area contributed by atoms with Crippen LogP contribution in [0.25, 0.3) is 0 Å². The SMILES string of the molecule is COC(=O)N1c2ccc(C3(NC(=O)c4ccc(F)cc4)CC3)cc2C2CCC21. The third-order valence-corrected chi connectivity index (χ3v) is 6.39. The van der Waals surface area contributed by atoms with Gasteiger partial charge in [-0.1, -0.05) is 12.1 Å². The van der Waals surface area contributed by atoms with Crippen LogP contribution in [0.3, 0.4) is 0 Å². The number of carbonyl (C=O) groups is 2. The lowest BCUT2D eigenvalue weighted by Gasteiger charge is -2.35. The minimum Gasteiger partial charge on any atom is -0.452 e. The minimum atomic E-state index is -0.377. The van der Waals surface area contributed by atoms with Gasteiger partial charge in [-0.3, -0.25) is 9.69 Å². The van der Waals surface area contributed by atoms with E-state index in [-0.39, 0.29) is 29.4 Å². The van der Waals surface area contributed by atoms with Gasteiger partial charge in [0.05, 0.1) is 18.3 Å².